The van der Waals surface area contributed by atoms with Gasteiger partial charge < -0.3 is 15.2 Å². The number of hydrogen-bond acceptors (Lipinski definition) is 5. The van der Waals surface area contributed by atoms with E-state index in [2.05, 4.69) is 31.1 Å². The van der Waals surface area contributed by atoms with Gasteiger partial charge in [-0.05, 0) is 19.3 Å². The van der Waals surface area contributed by atoms with Gasteiger partial charge in [-0.15, -0.1) is 11.3 Å². The van der Waals surface area contributed by atoms with Crippen molar-refractivity contribution in [3.8, 4) is 0 Å². The minimum atomic E-state index is 0.0267. The molecule has 1 saturated heterocycles. The summed E-state index contributed by atoms with van der Waals surface area (Å²) in [7, 11) is 0. The molecule has 0 atom stereocenters. The number of ether oxygens (including phenoxy) is 1. The van der Waals surface area contributed by atoms with Gasteiger partial charge in [0.25, 0.3) is 0 Å². The zero-order valence-corrected chi connectivity index (χ0v) is 13.6. The molecule has 2 heterocycles. The molecule has 0 aromatic carbocycles. The van der Waals surface area contributed by atoms with E-state index in [4.69, 9.17) is 4.74 Å². The molecule has 2 rings (SSSR count). The number of thiazole rings is 1. The van der Waals surface area contributed by atoms with Crippen LogP contribution in [0.25, 0.3) is 0 Å². The zero-order valence-electron chi connectivity index (χ0n) is 12.7. The molecule has 1 fully saturated rings. The molecule has 0 aliphatic carbocycles. The van der Waals surface area contributed by atoms with Crippen molar-refractivity contribution in [1.29, 1.82) is 0 Å². The van der Waals surface area contributed by atoms with Crippen molar-refractivity contribution in [3.63, 3.8) is 0 Å². The first-order valence-electron chi connectivity index (χ1n) is 7.34. The number of aliphatic hydroxyl groups excluding tert-OH is 1. The number of nitrogens with one attached hydrogen (secondary N) is 1. The van der Waals surface area contributed by atoms with E-state index in [9.17, 15) is 5.11 Å². The Morgan fingerprint density at radius 1 is 1.40 bits per heavy atom. The van der Waals surface area contributed by atoms with E-state index < -0.39 is 0 Å². The Morgan fingerprint density at radius 3 is 2.65 bits per heavy atom. The third kappa shape index (κ3) is 4.01. The van der Waals surface area contributed by atoms with Crippen molar-refractivity contribution >= 4 is 11.3 Å². The van der Waals surface area contributed by atoms with Gasteiger partial charge in [0.2, 0.25) is 0 Å². The Kier molecular flexibility index (Phi) is 5.18. The molecule has 0 bridgehead atoms. The predicted octanol–water partition coefficient (Wildman–Crippen LogP) is 2.46. The van der Waals surface area contributed by atoms with Gasteiger partial charge in [-0.25, -0.2) is 4.98 Å². The van der Waals surface area contributed by atoms with Crippen molar-refractivity contribution in [2.75, 3.05) is 19.8 Å². The molecule has 4 nitrogen and oxygen atoms in total. The van der Waals surface area contributed by atoms with E-state index in [0.29, 0.717) is 0 Å². The lowest BCUT2D eigenvalue weighted by Gasteiger charge is -2.37. The summed E-state index contributed by atoms with van der Waals surface area (Å²) in [5.74, 6) is 0. The van der Waals surface area contributed by atoms with Crippen LogP contribution in [0.5, 0.6) is 0 Å². The second-order valence-corrected chi connectivity index (χ2v) is 7.72. The summed E-state index contributed by atoms with van der Waals surface area (Å²) < 4.78 is 5.44. The number of hydrogen-bond donors (Lipinski definition) is 2. The third-order valence-electron chi connectivity index (χ3n) is 3.87. The highest BCUT2D eigenvalue weighted by atomic mass is 32.1. The molecule has 1 aliphatic heterocycles. The molecule has 0 saturated carbocycles. The van der Waals surface area contributed by atoms with Crippen molar-refractivity contribution < 1.29 is 9.84 Å². The molecule has 1 aromatic heterocycles. The Morgan fingerprint density at radius 2 is 2.10 bits per heavy atom. The minimum absolute atomic E-state index is 0.0267. The standard InChI is InChI=1S/C15H26N2O2S/c1-14(2,3)13-16-10-12(20-13)11-17-15(4-7-18)5-8-19-9-6-15/h10,17-18H,4-9,11H2,1-3H3. The average molecular weight is 298 g/mol. The van der Waals surface area contributed by atoms with Gasteiger partial charge in [0, 0.05) is 48.4 Å². The van der Waals surface area contributed by atoms with Gasteiger partial charge in [-0.3, -0.25) is 0 Å². The van der Waals surface area contributed by atoms with Crippen LogP contribution in [0.2, 0.25) is 0 Å². The molecule has 0 amide bonds. The summed E-state index contributed by atoms with van der Waals surface area (Å²) in [4.78, 5) is 5.79. The second-order valence-electron chi connectivity index (χ2n) is 6.60. The highest BCUT2D eigenvalue weighted by molar-refractivity contribution is 7.11. The average Bonchev–Trinajstić information content (AvgIpc) is 2.87. The van der Waals surface area contributed by atoms with E-state index >= 15 is 0 Å². The Balaban J connectivity index is 1.97. The lowest BCUT2D eigenvalue weighted by Crippen LogP contribution is -2.49. The van der Waals surface area contributed by atoms with Gasteiger partial charge in [0.05, 0.1) is 5.01 Å². The summed E-state index contributed by atoms with van der Waals surface area (Å²) in [6.07, 6.45) is 4.71. The molecular weight excluding hydrogens is 272 g/mol. The van der Waals surface area contributed by atoms with Gasteiger partial charge in [0.15, 0.2) is 0 Å². The lowest BCUT2D eigenvalue weighted by atomic mass is 9.87. The normalized spacial score (nSPS) is 19.2. The molecule has 20 heavy (non-hydrogen) atoms. The summed E-state index contributed by atoms with van der Waals surface area (Å²) in [5, 5.41) is 14.1. The SMILES string of the molecule is CC(C)(C)c1ncc(CNC2(CCO)CCOCC2)s1. The maximum absolute atomic E-state index is 9.30. The maximum Gasteiger partial charge on any atom is 0.0981 e. The molecular formula is C15H26N2O2S. The van der Waals surface area contributed by atoms with Gasteiger partial charge in [-0.2, -0.15) is 0 Å². The van der Waals surface area contributed by atoms with Crippen LogP contribution in [-0.4, -0.2) is 35.5 Å². The number of nitrogens with zero attached hydrogens (tertiary/aromatic N) is 1. The van der Waals surface area contributed by atoms with Crippen LogP contribution in [-0.2, 0) is 16.7 Å². The Hall–Kier alpha value is -0.490. The van der Waals surface area contributed by atoms with Crippen molar-refractivity contribution in [2.24, 2.45) is 0 Å². The molecule has 0 spiro atoms. The smallest absolute Gasteiger partial charge is 0.0981 e. The number of rotatable bonds is 5. The van der Waals surface area contributed by atoms with E-state index in [1.807, 2.05) is 6.20 Å². The van der Waals surface area contributed by atoms with Crippen molar-refractivity contribution in [3.05, 3.63) is 16.1 Å². The number of aromatic nitrogens is 1. The van der Waals surface area contributed by atoms with Gasteiger partial charge >= 0.3 is 0 Å². The highest BCUT2D eigenvalue weighted by Crippen LogP contribution is 2.28. The topological polar surface area (TPSA) is 54.4 Å². The van der Waals surface area contributed by atoms with Crippen LogP contribution in [0.4, 0.5) is 0 Å². The summed E-state index contributed by atoms with van der Waals surface area (Å²) in [5.41, 5.74) is 0.142. The molecule has 1 aliphatic rings. The van der Waals surface area contributed by atoms with Gasteiger partial charge in [-0.1, -0.05) is 20.8 Å². The maximum atomic E-state index is 9.30. The monoisotopic (exact) mass is 298 g/mol. The number of aliphatic hydroxyl groups is 1. The fourth-order valence-corrected chi connectivity index (χ4v) is 3.41. The molecule has 5 heteroatoms. The molecule has 2 N–H and O–H groups in total. The van der Waals surface area contributed by atoms with Gasteiger partial charge in [0.1, 0.15) is 0 Å². The first-order valence-corrected chi connectivity index (χ1v) is 8.16. The fourth-order valence-electron chi connectivity index (χ4n) is 2.50. The Labute approximate surface area is 125 Å². The fraction of sp³-hybridized carbons (Fsp3) is 0.800. The largest absolute Gasteiger partial charge is 0.396 e. The third-order valence-corrected chi connectivity index (χ3v) is 5.30. The van der Waals surface area contributed by atoms with E-state index in [1.54, 1.807) is 11.3 Å². The van der Waals surface area contributed by atoms with Crippen molar-refractivity contribution in [2.45, 2.75) is 57.5 Å². The predicted molar refractivity (Wildman–Crippen MR) is 82.1 cm³/mol. The van der Waals surface area contributed by atoms with E-state index in [1.165, 1.54) is 9.88 Å². The van der Waals surface area contributed by atoms with Crippen LogP contribution >= 0.6 is 11.3 Å². The summed E-state index contributed by atoms with van der Waals surface area (Å²) in [6.45, 7) is 9.18. The lowest BCUT2D eigenvalue weighted by molar-refractivity contribution is 0.0268. The van der Waals surface area contributed by atoms with Crippen LogP contribution < -0.4 is 5.32 Å². The molecule has 114 valence electrons. The van der Waals surface area contributed by atoms with Crippen molar-refractivity contribution in [1.82, 2.24) is 10.3 Å². The quantitative estimate of drug-likeness (QED) is 0.877. The summed E-state index contributed by atoms with van der Waals surface area (Å²) >= 11 is 1.78. The van der Waals surface area contributed by atoms with E-state index in [-0.39, 0.29) is 17.6 Å². The zero-order chi connectivity index (χ0) is 14.6. The molecule has 1 aromatic rings. The first-order chi connectivity index (χ1) is 9.45. The van der Waals surface area contributed by atoms with Crippen LogP contribution in [0.15, 0.2) is 6.20 Å². The first kappa shape index (κ1) is 15.9. The van der Waals surface area contributed by atoms with Crippen LogP contribution in [0.1, 0.15) is 49.9 Å². The summed E-state index contributed by atoms with van der Waals surface area (Å²) in [6, 6.07) is 0. The van der Waals surface area contributed by atoms with E-state index in [0.717, 1.165) is 39.0 Å². The van der Waals surface area contributed by atoms with Crippen LogP contribution in [0, 0.1) is 0 Å². The molecule has 0 radical (unpaired) electrons. The minimum Gasteiger partial charge on any atom is -0.396 e. The van der Waals surface area contributed by atoms with Crippen LogP contribution in [0.3, 0.4) is 0 Å². The molecule has 0 unspecified atom stereocenters. The Bertz CT molecular complexity index is 414. The second kappa shape index (κ2) is 6.52. The highest BCUT2D eigenvalue weighted by Gasteiger charge is 2.31.